The molecule has 8 nitrogen and oxygen atoms in total. The molecule has 0 saturated carbocycles. The van der Waals surface area contributed by atoms with Gasteiger partial charge in [-0.15, -0.1) is 0 Å². The van der Waals surface area contributed by atoms with Gasteiger partial charge in [0.2, 0.25) is 0 Å². The van der Waals surface area contributed by atoms with Crippen molar-refractivity contribution in [3.63, 3.8) is 0 Å². The van der Waals surface area contributed by atoms with E-state index in [0.717, 1.165) is 65.2 Å². The molecule has 0 aliphatic rings. The number of nitriles is 1. The van der Waals surface area contributed by atoms with Crippen LogP contribution in [-0.2, 0) is 0 Å². The van der Waals surface area contributed by atoms with Crippen molar-refractivity contribution < 1.29 is 13.7 Å². The first-order chi connectivity index (χ1) is 43.2. The molecule has 0 unspecified atom stereocenters. The number of benzene rings is 11. The molecular formula is C71H46N8. The Labute approximate surface area is 468 Å². The first-order valence-electron chi connectivity index (χ1n) is 30.6. The quantitative estimate of drug-likeness (QED) is 0.121. The summed E-state index contributed by atoms with van der Waals surface area (Å²) in [7, 11) is 0. The highest BCUT2D eigenvalue weighted by Crippen LogP contribution is 2.49. The molecule has 15 rings (SSSR count). The van der Waals surface area contributed by atoms with E-state index < -0.39 is 71.8 Å². The van der Waals surface area contributed by atoms with Crippen LogP contribution in [-0.4, -0.2) is 29.9 Å². The summed E-state index contributed by atoms with van der Waals surface area (Å²) in [6.07, 6.45) is 0. The number of hydrogen-bond acceptors (Lipinski definition) is 2. The number of aliphatic imine (C=N–C) groups is 2. The Hall–Kier alpha value is -11.0. The second-order valence-corrected chi connectivity index (χ2v) is 19.1. The molecule has 4 aromatic heterocycles. The summed E-state index contributed by atoms with van der Waals surface area (Å²) in [4.78, 5) is 10.5. The van der Waals surface area contributed by atoms with Crippen LogP contribution in [0.3, 0.4) is 0 Å². The normalized spacial score (nSPS) is 14.1. The topological polar surface area (TPSA) is 94.2 Å². The van der Waals surface area contributed by atoms with Crippen LogP contribution < -0.4 is 5.73 Å². The first kappa shape index (κ1) is 36.1. The first-order valence-corrected chi connectivity index (χ1v) is 25.6. The number of nitrogens with two attached hydrogens (primary N) is 1. The number of hydrogen-bond donors (Lipinski definition) is 1. The Balaban J connectivity index is 1.31. The van der Waals surface area contributed by atoms with E-state index in [0.29, 0.717) is 39.1 Å². The molecule has 4 heterocycles. The zero-order valence-corrected chi connectivity index (χ0v) is 41.9. The van der Waals surface area contributed by atoms with Crippen LogP contribution in [0.15, 0.2) is 271 Å². The molecule has 370 valence electrons. The van der Waals surface area contributed by atoms with Crippen LogP contribution in [0.25, 0.3) is 116 Å². The van der Waals surface area contributed by atoms with E-state index in [-0.39, 0.29) is 33.9 Å². The molecule has 15 aromatic rings. The zero-order valence-electron chi connectivity index (χ0n) is 51.9. The van der Waals surface area contributed by atoms with Crippen LogP contribution in [0.5, 0.6) is 0 Å². The van der Waals surface area contributed by atoms with E-state index in [1.54, 1.807) is 0 Å². The van der Waals surface area contributed by atoms with E-state index in [9.17, 15) is 10.7 Å². The molecule has 0 aliphatic carbocycles. The van der Waals surface area contributed by atoms with Crippen LogP contribution >= 0.6 is 0 Å². The molecule has 0 spiro atoms. The van der Waals surface area contributed by atoms with Crippen LogP contribution in [0.4, 0.5) is 0 Å². The largest absolute Gasteiger partial charge is 0.383 e. The maximum atomic E-state index is 13.0. The van der Waals surface area contributed by atoms with Gasteiger partial charge in [-0.1, -0.05) is 213 Å². The highest BCUT2D eigenvalue weighted by Gasteiger charge is 2.36. The minimum absolute atomic E-state index is 0.0739. The van der Waals surface area contributed by atoms with E-state index in [2.05, 4.69) is 50.6 Å². The number of aromatic nitrogens is 4. The van der Waals surface area contributed by atoms with Gasteiger partial charge in [0.05, 0.1) is 91.9 Å². The van der Waals surface area contributed by atoms with Gasteiger partial charge in [0.1, 0.15) is 17.5 Å². The van der Waals surface area contributed by atoms with Gasteiger partial charge < -0.3 is 24.0 Å². The van der Waals surface area contributed by atoms with Gasteiger partial charge in [-0.05, 0) is 54.1 Å². The molecule has 2 N–H and O–H groups in total. The lowest BCUT2D eigenvalue weighted by atomic mass is 9.96. The Morgan fingerprint density at radius 3 is 1.01 bits per heavy atom. The van der Waals surface area contributed by atoms with Crippen molar-refractivity contribution in [1.82, 2.24) is 18.3 Å². The molecule has 11 aromatic carbocycles. The molecule has 0 atom stereocenters. The fourth-order valence-electron chi connectivity index (χ4n) is 11.8. The van der Waals surface area contributed by atoms with Gasteiger partial charge in [-0.3, -0.25) is 0 Å². The second kappa shape index (κ2) is 18.1. The van der Waals surface area contributed by atoms with E-state index >= 15 is 0 Å². The molecule has 0 radical (unpaired) electrons. The average Bonchev–Trinajstić information content (AvgIpc) is 1.61. The predicted molar refractivity (Wildman–Crippen MR) is 328 cm³/mol. The van der Waals surface area contributed by atoms with Crippen molar-refractivity contribution in [3.05, 3.63) is 283 Å². The highest BCUT2D eigenvalue weighted by molar-refractivity contribution is 6.22. The van der Waals surface area contributed by atoms with Gasteiger partial charge >= 0.3 is 0 Å². The third-order valence-electron chi connectivity index (χ3n) is 15.0. The summed E-state index contributed by atoms with van der Waals surface area (Å²) >= 11 is 0. The van der Waals surface area contributed by atoms with E-state index in [4.69, 9.17) is 23.9 Å². The van der Waals surface area contributed by atoms with Crippen LogP contribution in [0.2, 0.25) is 0 Å². The Bertz CT molecular complexity index is 5490. The maximum absolute atomic E-state index is 13.0. The lowest BCUT2D eigenvalue weighted by molar-refractivity contribution is 1.02. The summed E-state index contributed by atoms with van der Waals surface area (Å²) in [5, 5.41) is 19.9. The molecule has 0 saturated heterocycles. The van der Waals surface area contributed by atoms with Gasteiger partial charge in [0, 0.05) is 48.7 Å². The van der Waals surface area contributed by atoms with Crippen molar-refractivity contribution in [2.45, 2.75) is 0 Å². The molecule has 0 bridgehead atoms. The third kappa shape index (κ3) is 6.87. The lowest BCUT2D eigenvalue weighted by Gasteiger charge is -2.29. The molecular weight excluding hydrogens is 965 g/mol. The maximum Gasteiger partial charge on any atom is 0.166 e. The number of amidine groups is 2. The number of para-hydroxylation sites is 8. The standard InChI is InChI=1S/C71H46N8/c1-45(46-24-4-2-5-25-46)74-71(75-70(73)47-26-6-3-7-27-47)65-66(76-57-36-16-8-28-48(57)49-29-9-17-37-58(49)76)56(44-72)67(77-59-38-18-10-30-50(59)51-31-11-19-39-60(51)77)69(79-63-42-22-14-34-54(63)55-35-15-23-43-64(55)79)68(65)78-61-40-20-12-32-52(61)53-33-13-21-41-62(53)78/h2-43H,1H2,(H2,73,74,75)/i2D,3D,4D,5D,6D,7D,24D,25D,26D,27D. The SMILES string of the molecule is [2H]c1c([2H])c([2H])c(C(=C)N=C(N=C(N)c2c([2H])c([2H])c([2H])c([2H])c2[2H])c2c(-n3c4ccccc4c4ccccc43)c(C#N)c(-n3c4ccccc4c4ccccc43)c(-n3c4ccccc4c4ccccc43)c2-n2c3ccccc3c3ccccc32)c([2H])c1[2H]. The third-order valence-corrected chi connectivity index (χ3v) is 15.0. The summed E-state index contributed by atoms with van der Waals surface area (Å²) in [5.41, 5.74) is 13.2. The average molecular weight is 1020 g/mol. The zero-order chi connectivity index (χ0) is 61.4. The fourth-order valence-corrected chi connectivity index (χ4v) is 11.8. The van der Waals surface area contributed by atoms with Gasteiger partial charge in [-0.2, -0.15) is 5.26 Å². The lowest BCUT2D eigenvalue weighted by Crippen LogP contribution is -2.22. The minimum Gasteiger partial charge on any atom is -0.383 e. The molecule has 8 heteroatoms. The van der Waals surface area contributed by atoms with Crippen molar-refractivity contribution in [2.24, 2.45) is 15.7 Å². The van der Waals surface area contributed by atoms with E-state index in [1.807, 2.05) is 174 Å². The van der Waals surface area contributed by atoms with Gasteiger partial charge in [0.25, 0.3) is 0 Å². The molecule has 0 aliphatic heterocycles. The number of nitrogens with zero attached hydrogens (tertiary/aromatic N) is 7. The number of rotatable bonds is 8. The molecule has 0 amide bonds. The Morgan fingerprint density at radius 1 is 0.380 bits per heavy atom. The summed E-state index contributed by atoms with van der Waals surface area (Å²) < 4.78 is 98.4. The molecule has 79 heavy (non-hydrogen) atoms. The van der Waals surface area contributed by atoms with Crippen LogP contribution in [0, 0.1) is 11.3 Å². The summed E-state index contributed by atoms with van der Waals surface area (Å²) in [6, 6.07) is 59.7. The smallest absolute Gasteiger partial charge is 0.166 e. The Kier molecular flexibility index (Phi) is 8.26. The predicted octanol–water partition coefficient (Wildman–Crippen LogP) is 16.8. The second-order valence-electron chi connectivity index (χ2n) is 19.1. The minimum atomic E-state index is -0.686. The van der Waals surface area contributed by atoms with Gasteiger partial charge in [-0.25, -0.2) is 9.98 Å². The highest BCUT2D eigenvalue weighted by atomic mass is 15.1. The monoisotopic (exact) mass is 1020 g/mol. The summed E-state index contributed by atoms with van der Waals surface area (Å²) in [5.74, 6) is -0.980. The van der Waals surface area contributed by atoms with Gasteiger partial charge in [0.15, 0.2) is 5.84 Å². The number of fused-ring (bicyclic) bond motifs is 12. The Morgan fingerprint density at radius 2 is 0.671 bits per heavy atom. The summed E-state index contributed by atoms with van der Waals surface area (Å²) in [6.45, 7) is 4.37. The van der Waals surface area contributed by atoms with Crippen LogP contribution in [0.1, 0.15) is 36.0 Å². The van der Waals surface area contributed by atoms with Crippen molar-refractivity contribution in [1.29, 1.82) is 5.26 Å². The molecule has 0 fully saturated rings. The van der Waals surface area contributed by atoms with Crippen molar-refractivity contribution in [2.75, 3.05) is 0 Å². The van der Waals surface area contributed by atoms with Crippen molar-refractivity contribution >= 4 is 105 Å². The van der Waals surface area contributed by atoms with Crippen molar-refractivity contribution in [3.8, 4) is 28.8 Å². The fraction of sp³-hybridized carbons (Fsp3) is 0. The van der Waals surface area contributed by atoms with E-state index in [1.165, 1.54) is 0 Å².